The molecule has 2 nitrogen and oxygen atoms in total. The van der Waals surface area contributed by atoms with Crippen molar-refractivity contribution in [3.05, 3.63) is 0 Å². The fraction of sp³-hybridized carbons (Fsp3) is 1.00. The van der Waals surface area contributed by atoms with Crippen molar-refractivity contribution in [2.45, 2.75) is 81.8 Å². The van der Waals surface area contributed by atoms with Gasteiger partial charge in [-0.05, 0) is 75.7 Å². The molecular weight excluding hydrogens is 234 g/mol. The van der Waals surface area contributed by atoms with Crippen molar-refractivity contribution in [1.82, 2.24) is 5.32 Å². The van der Waals surface area contributed by atoms with Gasteiger partial charge >= 0.3 is 0 Å². The van der Waals surface area contributed by atoms with E-state index in [1.165, 1.54) is 57.9 Å². The first-order valence-electron chi connectivity index (χ1n) is 8.62. The van der Waals surface area contributed by atoms with E-state index in [1.54, 1.807) is 0 Å². The number of nitrogens with one attached hydrogen (secondary N) is 1. The van der Waals surface area contributed by atoms with E-state index in [2.05, 4.69) is 5.32 Å². The van der Waals surface area contributed by atoms with E-state index < -0.39 is 0 Å². The van der Waals surface area contributed by atoms with Crippen molar-refractivity contribution in [2.24, 2.45) is 17.8 Å². The summed E-state index contributed by atoms with van der Waals surface area (Å²) in [4.78, 5) is 0. The molecule has 4 bridgehead atoms. The Labute approximate surface area is 117 Å². The first-order valence-corrected chi connectivity index (χ1v) is 8.62. The zero-order chi connectivity index (χ0) is 12.9. The third kappa shape index (κ3) is 2.35. The molecule has 2 heteroatoms. The molecule has 2 atom stereocenters. The minimum atomic E-state index is -0.302. The molecule has 0 amide bonds. The first kappa shape index (κ1) is 12.6. The van der Waals surface area contributed by atoms with Crippen LogP contribution in [-0.4, -0.2) is 22.8 Å². The summed E-state index contributed by atoms with van der Waals surface area (Å²) < 4.78 is 0. The van der Waals surface area contributed by atoms with Crippen molar-refractivity contribution in [3.8, 4) is 0 Å². The standard InChI is InChI=1S/C17H29NO/c19-17-9-14-6-15(10-17)8-16(7-14,12-17)18-11-13-4-2-1-3-5-13/h13-15,18-19H,1-12H2/t14-,15-,16?,17?/m1/s1. The lowest BCUT2D eigenvalue weighted by atomic mass is 9.51. The van der Waals surface area contributed by atoms with Crippen molar-refractivity contribution >= 4 is 0 Å². The van der Waals surface area contributed by atoms with E-state index in [0.717, 1.165) is 37.0 Å². The molecule has 5 aliphatic carbocycles. The maximum absolute atomic E-state index is 10.8. The molecule has 0 aromatic rings. The largest absolute Gasteiger partial charge is 0.390 e. The number of hydrogen-bond acceptors (Lipinski definition) is 2. The van der Waals surface area contributed by atoms with E-state index in [4.69, 9.17) is 0 Å². The molecule has 5 fully saturated rings. The molecular formula is C17H29NO. The zero-order valence-corrected chi connectivity index (χ0v) is 12.2. The monoisotopic (exact) mass is 263 g/mol. The third-order valence-corrected chi connectivity index (χ3v) is 6.52. The molecule has 0 saturated heterocycles. The summed E-state index contributed by atoms with van der Waals surface area (Å²) >= 11 is 0. The lowest BCUT2D eigenvalue weighted by Gasteiger charge is -2.60. The van der Waals surface area contributed by atoms with E-state index >= 15 is 0 Å². The molecule has 0 aromatic heterocycles. The number of aliphatic hydroxyl groups is 1. The molecule has 2 N–H and O–H groups in total. The minimum Gasteiger partial charge on any atom is -0.390 e. The predicted molar refractivity (Wildman–Crippen MR) is 76.9 cm³/mol. The van der Waals surface area contributed by atoms with Gasteiger partial charge in [0.15, 0.2) is 0 Å². The van der Waals surface area contributed by atoms with Crippen LogP contribution in [0.1, 0.15) is 70.6 Å². The molecule has 0 heterocycles. The Morgan fingerprint density at radius 3 is 2.26 bits per heavy atom. The molecule has 0 unspecified atom stereocenters. The molecule has 5 rings (SSSR count). The average molecular weight is 263 g/mol. The van der Waals surface area contributed by atoms with Gasteiger partial charge in [0.05, 0.1) is 5.60 Å². The SMILES string of the molecule is OC12C[C@@H]3C[C@@H](C1)CC(NCC1CCCCC1)(C3)C2. The van der Waals surface area contributed by atoms with Gasteiger partial charge in [-0.15, -0.1) is 0 Å². The Hall–Kier alpha value is -0.0800. The summed E-state index contributed by atoms with van der Waals surface area (Å²) in [5.74, 6) is 2.53. The Bertz CT molecular complexity index is 333. The summed E-state index contributed by atoms with van der Waals surface area (Å²) in [5.41, 5.74) is 0.0138. The topological polar surface area (TPSA) is 32.3 Å². The van der Waals surface area contributed by atoms with Gasteiger partial charge in [-0.3, -0.25) is 0 Å². The van der Waals surface area contributed by atoms with Gasteiger partial charge in [0.2, 0.25) is 0 Å². The van der Waals surface area contributed by atoms with Gasteiger partial charge < -0.3 is 10.4 Å². The fourth-order valence-corrected chi connectivity index (χ4v) is 6.17. The second kappa shape index (κ2) is 4.46. The van der Waals surface area contributed by atoms with Crippen LogP contribution in [0.25, 0.3) is 0 Å². The van der Waals surface area contributed by atoms with Crippen molar-refractivity contribution in [3.63, 3.8) is 0 Å². The summed E-state index contributed by atoms with van der Waals surface area (Å²) in [6, 6.07) is 0. The summed E-state index contributed by atoms with van der Waals surface area (Å²) in [6.07, 6.45) is 14.5. The second-order valence-corrected chi connectivity index (χ2v) is 8.35. The van der Waals surface area contributed by atoms with Crippen LogP contribution in [0.4, 0.5) is 0 Å². The van der Waals surface area contributed by atoms with Gasteiger partial charge in [0.1, 0.15) is 0 Å². The predicted octanol–water partition coefficient (Wildman–Crippen LogP) is 3.24. The average Bonchev–Trinajstić information content (AvgIpc) is 2.35. The van der Waals surface area contributed by atoms with Crippen LogP contribution < -0.4 is 5.32 Å². The van der Waals surface area contributed by atoms with Crippen LogP contribution in [0.15, 0.2) is 0 Å². The molecule has 19 heavy (non-hydrogen) atoms. The quantitative estimate of drug-likeness (QED) is 0.819. The van der Waals surface area contributed by atoms with Gasteiger partial charge in [-0.25, -0.2) is 0 Å². The molecule has 0 spiro atoms. The van der Waals surface area contributed by atoms with Crippen LogP contribution >= 0.6 is 0 Å². The van der Waals surface area contributed by atoms with Crippen molar-refractivity contribution in [1.29, 1.82) is 0 Å². The van der Waals surface area contributed by atoms with Crippen molar-refractivity contribution in [2.75, 3.05) is 6.54 Å². The number of rotatable bonds is 3. The highest BCUT2D eigenvalue weighted by Gasteiger charge is 2.56. The van der Waals surface area contributed by atoms with Gasteiger partial charge in [-0.2, -0.15) is 0 Å². The van der Waals surface area contributed by atoms with E-state index in [-0.39, 0.29) is 5.60 Å². The zero-order valence-electron chi connectivity index (χ0n) is 12.2. The highest BCUT2D eigenvalue weighted by atomic mass is 16.3. The van der Waals surface area contributed by atoms with Crippen LogP contribution in [-0.2, 0) is 0 Å². The fourth-order valence-electron chi connectivity index (χ4n) is 6.17. The Morgan fingerprint density at radius 1 is 0.947 bits per heavy atom. The maximum Gasteiger partial charge on any atom is 0.0670 e. The summed E-state index contributed by atoms with van der Waals surface area (Å²) in [6.45, 7) is 1.22. The Morgan fingerprint density at radius 2 is 1.63 bits per heavy atom. The molecule has 108 valence electrons. The smallest absolute Gasteiger partial charge is 0.0670 e. The maximum atomic E-state index is 10.8. The normalized spacial score (nSPS) is 49.7. The van der Waals surface area contributed by atoms with E-state index in [0.29, 0.717) is 5.54 Å². The molecule has 0 radical (unpaired) electrons. The second-order valence-electron chi connectivity index (χ2n) is 8.35. The van der Waals surface area contributed by atoms with Crippen LogP contribution in [0.3, 0.4) is 0 Å². The Kier molecular flexibility index (Phi) is 2.97. The van der Waals surface area contributed by atoms with Crippen molar-refractivity contribution < 1.29 is 5.11 Å². The van der Waals surface area contributed by atoms with Gasteiger partial charge in [-0.1, -0.05) is 19.3 Å². The summed E-state index contributed by atoms with van der Waals surface area (Å²) in [5, 5.41) is 14.7. The lowest BCUT2D eigenvalue weighted by molar-refractivity contribution is -0.143. The van der Waals surface area contributed by atoms with Crippen LogP contribution in [0, 0.1) is 17.8 Å². The molecule has 0 aliphatic heterocycles. The molecule has 5 saturated carbocycles. The van der Waals surface area contributed by atoms with Gasteiger partial charge in [0.25, 0.3) is 0 Å². The van der Waals surface area contributed by atoms with Gasteiger partial charge in [0, 0.05) is 5.54 Å². The highest BCUT2D eigenvalue weighted by Crippen LogP contribution is 2.57. The van der Waals surface area contributed by atoms with Crippen LogP contribution in [0.5, 0.6) is 0 Å². The summed E-state index contributed by atoms with van der Waals surface area (Å²) in [7, 11) is 0. The van der Waals surface area contributed by atoms with Crippen LogP contribution in [0.2, 0.25) is 0 Å². The number of hydrogen-bond donors (Lipinski definition) is 2. The first-order chi connectivity index (χ1) is 9.15. The minimum absolute atomic E-state index is 0.302. The third-order valence-electron chi connectivity index (χ3n) is 6.52. The van der Waals surface area contributed by atoms with E-state index in [9.17, 15) is 5.11 Å². The lowest BCUT2D eigenvalue weighted by Crippen LogP contribution is -2.65. The molecule has 0 aromatic carbocycles. The Balaban J connectivity index is 1.42. The highest BCUT2D eigenvalue weighted by molar-refractivity contribution is 5.12. The van der Waals surface area contributed by atoms with E-state index in [1.807, 2.05) is 0 Å². The molecule has 5 aliphatic rings.